The third kappa shape index (κ3) is 4.32. The number of pyridine rings is 1. The van der Waals surface area contributed by atoms with Crippen molar-refractivity contribution in [1.29, 1.82) is 0 Å². The molecule has 2 aromatic heterocycles. The van der Waals surface area contributed by atoms with E-state index < -0.39 is 0 Å². The summed E-state index contributed by atoms with van der Waals surface area (Å²) in [5.74, 6) is 0.611. The van der Waals surface area contributed by atoms with Crippen molar-refractivity contribution in [2.75, 3.05) is 11.9 Å². The summed E-state index contributed by atoms with van der Waals surface area (Å²) >= 11 is 0. The first-order valence-corrected chi connectivity index (χ1v) is 10.5. The quantitative estimate of drug-likeness (QED) is 0.683. The van der Waals surface area contributed by atoms with Gasteiger partial charge in [-0.1, -0.05) is 25.5 Å². The number of hydrogen-bond donors (Lipinski definition) is 1. The zero-order chi connectivity index (χ0) is 20.4. The van der Waals surface area contributed by atoms with E-state index in [2.05, 4.69) is 52.3 Å². The van der Waals surface area contributed by atoms with Gasteiger partial charge in [-0.3, -0.25) is 14.4 Å². The van der Waals surface area contributed by atoms with Gasteiger partial charge in [0.05, 0.1) is 12.7 Å². The molecule has 2 unspecified atom stereocenters. The van der Waals surface area contributed by atoms with Crippen molar-refractivity contribution in [3.05, 3.63) is 42.9 Å². The minimum absolute atomic E-state index is 0.00937. The largest absolute Gasteiger partial charge is 0.310 e. The first-order valence-electron chi connectivity index (χ1n) is 10.5. The Morgan fingerprint density at radius 3 is 2.79 bits per heavy atom. The molecule has 152 valence electrons. The van der Waals surface area contributed by atoms with Crippen molar-refractivity contribution in [1.82, 2.24) is 19.7 Å². The summed E-state index contributed by atoms with van der Waals surface area (Å²) in [6, 6.07) is 9.17. The van der Waals surface area contributed by atoms with Crippen LogP contribution in [0.3, 0.4) is 0 Å². The van der Waals surface area contributed by atoms with Crippen molar-refractivity contribution < 1.29 is 4.79 Å². The number of carbonyl (C=O) groups excluding carboxylic acids is 1. The van der Waals surface area contributed by atoms with Crippen LogP contribution in [-0.4, -0.2) is 44.2 Å². The maximum Gasteiger partial charge on any atom is 0.239 e. The van der Waals surface area contributed by atoms with Crippen molar-refractivity contribution in [3.63, 3.8) is 0 Å². The molecular weight excluding hydrogens is 362 g/mol. The van der Waals surface area contributed by atoms with Crippen LogP contribution in [0.1, 0.15) is 39.5 Å². The molecule has 1 fully saturated rings. The van der Waals surface area contributed by atoms with Crippen LogP contribution in [0, 0.1) is 0 Å². The average Bonchev–Trinajstić information content (AvgIpc) is 3.28. The highest BCUT2D eigenvalue weighted by Gasteiger charge is 2.31. The molecule has 1 N–H and O–H groups in total. The van der Waals surface area contributed by atoms with E-state index in [4.69, 9.17) is 0 Å². The standard InChI is InChI=1S/C23H29N5O/c1-4-5-21-9-6-16(2)28(21)15-23(29)26-22-11-19-10-17(7-8-18(19)12-24-22)20-13-25-27(3)14-20/h7-8,10-14,16,21H,4-6,9,15H2,1-3H3,(H,24,26,29). The first kappa shape index (κ1) is 19.6. The molecule has 0 radical (unpaired) electrons. The van der Waals surface area contributed by atoms with Crippen LogP contribution in [0.25, 0.3) is 21.9 Å². The van der Waals surface area contributed by atoms with Crippen LogP contribution in [0.15, 0.2) is 42.9 Å². The number of nitrogens with zero attached hydrogens (tertiary/aromatic N) is 4. The lowest BCUT2D eigenvalue weighted by Gasteiger charge is -2.27. The lowest BCUT2D eigenvalue weighted by molar-refractivity contribution is -0.118. The van der Waals surface area contributed by atoms with Crippen molar-refractivity contribution >= 4 is 22.5 Å². The summed E-state index contributed by atoms with van der Waals surface area (Å²) in [5, 5.41) is 9.35. The Morgan fingerprint density at radius 1 is 1.17 bits per heavy atom. The van der Waals surface area contributed by atoms with E-state index in [0.29, 0.717) is 24.4 Å². The average molecular weight is 392 g/mol. The summed E-state index contributed by atoms with van der Waals surface area (Å²) < 4.78 is 1.79. The number of likely N-dealkylation sites (tertiary alicyclic amines) is 1. The van der Waals surface area contributed by atoms with Crippen LogP contribution in [0.2, 0.25) is 0 Å². The van der Waals surface area contributed by atoms with E-state index in [1.165, 1.54) is 12.8 Å². The molecular formula is C23H29N5O. The summed E-state index contributed by atoms with van der Waals surface area (Å²) in [4.78, 5) is 19.5. The second kappa shape index (κ2) is 8.33. The molecule has 0 spiro atoms. The zero-order valence-corrected chi connectivity index (χ0v) is 17.4. The van der Waals surface area contributed by atoms with Crippen LogP contribution in [0.4, 0.5) is 5.82 Å². The molecule has 0 saturated carbocycles. The smallest absolute Gasteiger partial charge is 0.239 e. The topological polar surface area (TPSA) is 63.1 Å². The second-order valence-electron chi connectivity index (χ2n) is 8.12. The third-order valence-electron chi connectivity index (χ3n) is 5.93. The van der Waals surface area contributed by atoms with Gasteiger partial charge in [0.15, 0.2) is 0 Å². The number of rotatable bonds is 6. The zero-order valence-electron chi connectivity index (χ0n) is 17.4. The SMILES string of the molecule is CCCC1CCC(C)N1CC(=O)Nc1cc2cc(-c3cnn(C)c3)ccc2cn1. The molecule has 3 heterocycles. The van der Waals surface area contributed by atoms with Gasteiger partial charge in [-0.05, 0) is 49.3 Å². The fraction of sp³-hybridized carbons (Fsp3) is 0.435. The molecule has 2 atom stereocenters. The Kier molecular flexibility index (Phi) is 5.62. The highest BCUT2D eigenvalue weighted by Crippen LogP contribution is 2.27. The minimum Gasteiger partial charge on any atom is -0.310 e. The van der Waals surface area contributed by atoms with Gasteiger partial charge in [0, 0.05) is 42.5 Å². The number of anilines is 1. The van der Waals surface area contributed by atoms with E-state index in [-0.39, 0.29) is 5.91 Å². The third-order valence-corrected chi connectivity index (χ3v) is 5.93. The van der Waals surface area contributed by atoms with Crippen LogP contribution >= 0.6 is 0 Å². The molecule has 1 aromatic carbocycles. The van der Waals surface area contributed by atoms with Crippen LogP contribution < -0.4 is 5.32 Å². The van der Waals surface area contributed by atoms with E-state index in [1.807, 2.05) is 31.7 Å². The van der Waals surface area contributed by atoms with Gasteiger partial charge in [0.2, 0.25) is 5.91 Å². The summed E-state index contributed by atoms with van der Waals surface area (Å²) in [6.07, 6.45) is 10.3. The minimum atomic E-state index is 0.00937. The van der Waals surface area contributed by atoms with E-state index in [0.717, 1.165) is 34.7 Å². The lowest BCUT2D eigenvalue weighted by atomic mass is 10.1. The molecule has 1 aliphatic rings. The maximum atomic E-state index is 12.7. The molecule has 4 rings (SSSR count). The number of nitrogens with one attached hydrogen (secondary N) is 1. The second-order valence-corrected chi connectivity index (χ2v) is 8.12. The molecule has 6 nitrogen and oxygen atoms in total. The van der Waals surface area contributed by atoms with Crippen molar-refractivity contribution in [3.8, 4) is 11.1 Å². The summed E-state index contributed by atoms with van der Waals surface area (Å²) in [6.45, 7) is 4.86. The van der Waals surface area contributed by atoms with E-state index in [1.54, 1.807) is 4.68 Å². The van der Waals surface area contributed by atoms with Crippen LogP contribution in [-0.2, 0) is 11.8 Å². The predicted molar refractivity (Wildman–Crippen MR) is 117 cm³/mol. The summed E-state index contributed by atoms with van der Waals surface area (Å²) in [7, 11) is 1.91. The van der Waals surface area contributed by atoms with Gasteiger partial charge in [-0.2, -0.15) is 5.10 Å². The summed E-state index contributed by atoms with van der Waals surface area (Å²) in [5.41, 5.74) is 2.17. The molecule has 0 aliphatic carbocycles. The van der Waals surface area contributed by atoms with Gasteiger partial charge in [0.25, 0.3) is 0 Å². The van der Waals surface area contributed by atoms with Crippen molar-refractivity contribution in [2.45, 2.75) is 51.6 Å². The van der Waals surface area contributed by atoms with Gasteiger partial charge in [-0.25, -0.2) is 4.98 Å². The number of carbonyl (C=O) groups is 1. The van der Waals surface area contributed by atoms with E-state index in [9.17, 15) is 4.79 Å². The Bertz CT molecular complexity index is 1010. The maximum absolute atomic E-state index is 12.7. The Labute approximate surface area is 171 Å². The number of aromatic nitrogens is 3. The molecule has 3 aromatic rings. The molecule has 1 amide bonds. The van der Waals surface area contributed by atoms with Gasteiger partial charge >= 0.3 is 0 Å². The fourth-order valence-corrected chi connectivity index (χ4v) is 4.36. The predicted octanol–water partition coefficient (Wildman–Crippen LogP) is 4.23. The Morgan fingerprint density at radius 2 is 2.03 bits per heavy atom. The molecule has 29 heavy (non-hydrogen) atoms. The normalized spacial score (nSPS) is 19.7. The van der Waals surface area contributed by atoms with Crippen LogP contribution in [0.5, 0.6) is 0 Å². The number of benzene rings is 1. The lowest BCUT2D eigenvalue weighted by Crippen LogP contribution is -2.40. The highest BCUT2D eigenvalue weighted by atomic mass is 16.2. The van der Waals surface area contributed by atoms with Gasteiger partial charge in [0.1, 0.15) is 5.82 Å². The highest BCUT2D eigenvalue weighted by molar-refractivity contribution is 5.94. The fourth-order valence-electron chi connectivity index (χ4n) is 4.36. The first-order chi connectivity index (χ1) is 14.0. The molecule has 1 aliphatic heterocycles. The Balaban J connectivity index is 1.49. The molecule has 6 heteroatoms. The molecule has 1 saturated heterocycles. The number of hydrogen-bond acceptors (Lipinski definition) is 4. The van der Waals surface area contributed by atoms with Gasteiger partial charge < -0.3 is 5.32 Å². The Hall–Kier alpha value is -2.73. The monoisotopic (exact) mass is 391 g/mol. The van der Waals surface area contributed by atoms with Gasteiger partial charge in [-0.15, -0.1) is 0 Å². The number of aryl methyl sites for hydroxylation is 1. The number of amides is 1. The number of fused-ring (bicyclic) bond motifs is 1. The molecule has 0 bridgehead atoms. The van der Waals surface area contributed by atoms with E-state index >= 15 is 0 Å². The van der Waals surface area contributed by atoms with Crippen molar-refractivity contribution in [2.24, 2.45) is 7.05 Å².